The Morgan fingerprint density at radius 1 is 1.29 bits per heavy atom. The molecule has 1 saturated heterocycles. The van der Waals surface area contributed by atoms with Crippen molar-refractivity contribution >= 4 is 6.03 Å². The van der Waals surface area contributed by atoms with E-state index in [2.05, 4.69) is 10.4 Å². The topological polar surface area (TPSA) is 50.2 Å². The van der Waals surface area contributed by atoms with E-state index < -0.39 is 0 Å². The van der Waals surface area contributed by atoms with Crippen molar-refractivity contribution in [3.05, 3.63) is 18.5 Å². The summed E-state index contributed by atoms with van der Waals surface area (Å²) in [7, 11) is 0. The molecule has 1 saturated carbocycles. The Hall–Kier alpha value is -1.52. The molecule has 92 valence electrons. The number of hydrogen-bond acceptors (Lipinski definition) is 2. The molecular weight excluding hydrogens is 216 g/mol. The minimum absolute atomic E-state index is 0.0975. The molecule has 3 rings (SSSR count). The summed E-state index contributed by atoms with van der Waals surface area (Å²) in [6.07, 6.45) is 8.52. The Balaban J connectivity index is 1.46. The SMILES string of the molecule is O=C(NC1CCCC1)N1CC(n2cccn2)C1. The first-order valence-corrected chi connectivity index (χ1v) is 6.37. The fraction of sp³-hybridized carbons (Fsp3) is 0.667. The summed E-state index contributed by atoms with van der Waals surface area (Å²) in [6, 6.07) is 2.78. The number of likely N-dealkylation sites (tertiary alicyclic amines) is 1. The standard InChI is InChI=1S/C12H18N4O/c17-12(14-10-4-1-2-5-10)15-8-11(9-15)16-7-3-6-13-16/h3,6-7,10-11H,1-2,4-5,8-9H2,(H,14,17). The van der Waals surface area contributed by atoms with E-state index in [4.69, 9.17) is 0 Å². The molecule has 2 heterocycles. The van der Waals surface area contributed by atoms with E-state index >= 15 is 0 Å². The highest BCUT2D eigenvalue weighted by atomic mass is 16.2. The third kappa shape index (κ3) is 2.14. The molecule has 1 aromatic heterocycles. The molecule has 0 aromatic carbocycles. The van der Waals surface area contributed by atoms with E-state index in [9.17, 15) is 4.79 Å². The zero-order valence-electron chi connectivity index (χ0n) is 9.88. The fourth-order valence-corrected chi connectivity index (χ4v) is 2.62. The van der Waals surface area contributed by atoms with E-state index in [0.29, 0.717) is 12.1 Å². The van der Waals surface area contributed by atoms with Gasteiger partial charge in [-0.25, -0.2) is 4.79 Å². The Bertz CT molecular complexity index is 377. The van der Waals surface area contributed by atoms with Crippen molar-refractivity contribution in [2.45, 2.75) is 37.8 Å². The maximum atomic E-state index is 11.9. The summed E-state index contributed by atoms with van der Waals surface area (Å²) in [5.74, 6) is 0. The second kappa shape index (κ2) is 4.39. The summed E-state index contributed by atoms with van der Waals surface area (Å²) in [6.45, 7) is 1.56. The van der Waals surface area contributed by atoms with Gasteiger partial charge in [-0.3, -0.25) is 4.68 Å². The number of urea groups is 1. The fourth-order valence-electron chi connectivity index (χ4n) is 2.62. The number of carbonyl (C=O) groups is 1. The minimum atomic E-state index is 0.0975. The van der Waals surface area contributed by atoms with Gasteiger partial charge in [-0.05, 0) is 18.9 Å². The van der Waals surface area contributed by atoms with E-state index in [1.54, 1.807) is 6.20 Å². The van der Waals surface area contributed by atoms with Gasteiger partial charge in [0.05, 0.1) is 6.04 Å². The predicted octanol–water partition coefficient (Wildman–Crippen LogP) is 1.39. The van der Waals surface area contributed by atoms with Crippen LogP contribution in [0, 0.1) is 0 Å². The van der Waals surface area contributed by atoms with Gasteiger partial charge >= 0.3 is 6.03 Å². The van der Waals surface area contributed by atoms with Crippen molar-refractivity contribution < 1.29 is 4.79 Å². The van der Waals surface area contributed by atoms with Gasteiger partial charge in [0.15, 0.2) is 0 Å². The van der Waals surface area contributed by atoms with Gasteiger partial charge < -0.3 is 10.2 Å². The highest BCUT2D eigenvalue weighted by molar-refractivity contribution is 5.75. The Kier molecular flexibility index (Phi) is 2.74. The highest BCUT2D eigenvalue weighted by Crippen LogP contribution is 2.22. The molecule has 1 N–H and O–H groups in total. The van der Waals surface area contributed by atoms with Crippen LogP contribution in [0.2, 0.25) is 0 Å². The van der Waals surface area contributed by atoms with Crippen molar-refractivity contribution in [1.29, 1.82) is 0 Å². The van der Waals surface area contributed by atoms with E-state index in [0.717, 1.165) is 25.9 Å². The normalized spacial score (nSPS) is 21.5. The number of carbonyl (C=O) groups excluding carboxylic acids is 1. The number of aromatic nitrogens is 2. The van der Waals surface area contributed by atoms with Crippen LogP contribution < -0.4 is 5.32 Å². The quantitative estimate of drug-likeness (QED) is 0.840. The van der Waals surface area contributed by atoms with Gasteiger partial charge in [-0.1, -0.05) is 12.8 Å². The smallest absolute Gasteiger partial charge is 0.317 e. The van der Waals surface area contributed by atoms with Crippen molar-refractivity contribution in [3.8, 4) is 0 Å². The third-order valence-electron chi connectivity index (χ3n) is 3.73. The molecule has 0 unspecified atom stereocenters. The van der Waals surface area contributed by atoms with Crippen LogP contribution in [0.1, 0.15) is 31.7 Å². The molecule has 1 aromatic rings. The molecule has 0 spiro atoms. The van der Waals surface area contributed by atoms with Gasteiger partial charge in [-0.2, -0.15) is 5.10 Å². The number of amides is 2. The van der Waals surface area contributed by atoms with Gasteiger partial charge in [-0.15, -0.1) is 0 Å². The average molecular weight is 234 g/mol. The lowest BCUT2D eigenvalue weighted by Gasteiger charge is -2.39. The zero-order chi connectivity index (χ0) is 11.7. The van der Waals surface area contributed by atoms with E-state index in [1.165, 1.54) is 12.8 Å². The Morgan fingerprint density at radius 3 is 2.71 bits per heavy atom. The number of nitrogens with zero attached hydrogens (tertiary/aromatic N) is 3. The molecule has 5 nitrogen and oxygen atoms in total. The van der Waals surface area contributed by atoms with Crippen LogP contribution in [0.25, 0.3) is 0 Å². The van der Waals surface area contributed by atoms with Crippen molar-refractivity contribution in [2.24, 2.45) is 0 Å². The molecule has 0 atom stereocenters. The summed E-state index contributed by atoms with van der Waals surface area (Å²) >= 11 is 0. The number of nitrogens with one attached hydrogen (secondary N) is 1. The first-order valence-electron chi connectivity index (χ1n) is 6.37. The molecule has 2 aliphatic rings. The largest absolute Gasteiger partial charge is 0.335 e. The molecule has 1 aliphatic carbocycles. The molecule has 0 radical (unpaired) electrons. The Morgan fingerprint density at radius 2 is 2.06 bits per heavy atom. The monoisotopic (exact) mass is 234 g/mol. The number of rotatable bonds is 2. The Labute approximate surface area is 101 Å². The van der Waals surface area contributed by atoms with E-state index in [1.807, 2.05) is 21.8 Å². The first kappa shape index (κ1) is 10.6. The lowest BCUT2D eigenvalue weighted by molar-refractivity contribution is 0.116. The lowest BCUT2D eigenvalue weighted by atomic mass is 10.1. The molecule has 17 heavy (non-hydrogen) atoms. The molecule has 1 aliphatic heterocycles. The summed E-state index contributed by atoms with van der Waals surface area (Å²) in [5, 5.41) is 7.30. The molecule has 5 heteroatoms. The van der Waals surface area contributed by atoms with Crippen LogP contribution in [0.15, 0.2) is 18.5 Å². The second-order valence-corrected chi connectivity index (χ2v) is 4.98. The first-order chi connectivity index (χ1) is 8.33. The maximum absolute atomic E-state index is 11.9. The van der Waals surface area contributed by atoms with Gasteiger partial charge in [0, 0.05) is 31.5 Å². The average Bonchev–Trinajstić information content (AvgIpc) is 2.87. The van der Waals surface area contributed by atoms with Crippen LogP contribution >= 0.6 is 0 Å². The second-order valence-electron chi connectivity index (χ2n) is 4.98. The van der Waals surface area contributed by atoms with Crippen LogP contribution in [0.4, 0.5) is 4.79 Å². The van der Waals surface area contributed by atoms with Crippen LogP contribution in [0.5, 0.6) is 0 Å². The van der Waals surface area contributed by atoms with Crippen LogP contribution in [0.3, 0.4) is 0 Å². The maximum Gasteiger partial charge on any atom is 0.317 e. The summed E-state index contributed by atoms with van der Waals surface area (Å²) < 4.78 is 1.93. The van der Waals surface area contributed by atoms with Crippen molar-refractivity contribution in [3.63, 3.8) is 0 Å². The third-order valence-corrected chi connectivity index (χ3v) is 3.73. The van der Waals surface area contributed by atoms with Crippen molar-refractivity contribution in [1.82, 2.24) is 20.0 Å². The van der Waals surface area contributed by atoms with Crippen LogP contribution in [-0.4, -0.2) is 39.8 Å². The summed E-state index contributed by atoms with van der Waals surface area (Å²) in [5.41, 5.74) is 0. The number of hydrogen-bond donors (Lipinski definition) is 1. The van der Waals surface area contributed by atoms with Crippen molar-refractivity contribution in [2.75, 3.05) is 13.1 Å². The van der Waals surface area contributed by atoms with Crippen LogP contribution in [-0.2, 0) is 0 Å². The predicted molar refractivity (Wildman–Crippen MR) is 63.6 cm³/mol. The highest BCUT2D eigenvalue weighted by Gasteiger charge is 2.33. The van der Waals surface area contributed by atoms with Gasteiger partial charge in [0.1, 0.15) is 0 Å². The molecular formula is C12H18N4O. The van der Waals surface area contributed by atoms with Gasteiger partial charge in [0.2, 0.25) is 0 Å². The molecule has 2 fully saturated rings. The van der Waals surface area contributed by atoms with E-state index in [-0.39, 0.29) is 6.03 Å². The zero-order valence-corrected chi connectivity index (χ0v) is 9.88. The molecule has 2 amide bonds. The minimum Gasteiger partial charge on any atom is -0.335 e. The molecule has 0 bridgehead atoms. The summed E-state index contributed by atoms with van der Waals surface area (Å²) in [4.78, 5) is 13.7. The lowest BCUT2D eigenvalue weighted by Crippen LogP contribution is -2.55. The van der Waals surface area contributed by atoms with Gasteiger partial charge in [0.25, 0.3) is 0 Å².